The van der Waals surface area contributed by atoms with Crippen LogP contribution in [0.25, 0.3) is 0 Å². The Labute approximate surface area is 119 Å². The minimum Gasteiger partial charge on any atom is -0.384 e. The molecule has 2 nitrogen and oxygen atoms in total. The molecule has 2 aromatic rings. The SMILES string of the molecule is Clc1ccc(NCCNCCc2ccccc2)cc1. The first-order chi connectivity index (χ1) is 9.34. The molecule has 0 spiro atoms. The van der Waals surface area contributed by atoms with Gasteiger partial charge in [0.05, 0.1) is 0 Å². The van der Waals surface area contributed by atoms with Crippen molar-refractivity contribution in [1.82, 2.24) is 5.32 Å². The number of halogens is 1. The van der Waals surface area contributed by atoms with Crippen LogP contribution in [0, 0.1) is 0 Å². The zero-order valence-electron chi connectivity index (χ0n) is 10.9. The zero-order chi connectivity index (χ0) is 13.3. The minimum absolute atomic E-state index is 0.770. The van der Waals surface area contributed by atoms with Crippen molar-refractivity contribution < 1.29 is 0 Å². The van der Waals surface area contributed by atoms with E-state index in [0.29, 0.717) is 0 Å². The van der Waals surface area contributed by atoms with Gasteiger partial charge in [0.2, 0.25) is 0 Å². The lowest BCUT2D eigenvalue weighted by Crippen LogP contribution is -2.24. The van der Waals surface area contributed by atoms with Crippen molar-refractivity contribution >= 4 is 17.3 Å². The second kappa shape index (κ2) is 7.82. The fraction of sp³-hybridized carbons (Fsp3) is 0.250. The highest BCUT2D eigenvalue weighted by molar-refractivity contribution is 6.30. The van der Waals surface area contributed by atoms with Crippen LogP contribution < -0.4 is 10.6 Å². The quantitative estimate of drug-likeness (QED) is 0.754. The van der Waals surface area contributed by atoms with Gasteiger partial charge in [0.1, 0.15) is 0 Å². The number of anilines is 1. The zero-order valence-corrected chi connectivity index (χ0v) is 11.7. The minimum atomic E-state index is 0.770. The Morgan fingerprint density at radius 3 is 2.26 bits per heavy atom. The summed E-state index contributed by atoms with van der Waals surface area (Å²) < 4.78 is 0. The Kier molecular flexibility index (Phi) is 5.73. The molecular formula is C16H19ClN2. The largest absolute Gasteiger partial charge is 0.384 e. The van der Waals surface area contributed by atoms with Crippen LogP contribution in [-0.2, 0) is 6.42 Å². The molecule has 0 aliphatic heterocycles. The first-order valence-electron chi connectivity index (χ1n) is 6.59. The van der Waals surface area contributed by atoms with E-state index in [0.717, 1.165) is 36.8 Å². The Morgan fingerprint density at radius 1 is 0.789 bits per heavy atom. The van der Waals surface area contributed by atoms with E-state index in [9.17, 15) is 0 Å². The first-order valence-corrected chi connectivity index (χ1v) is 6.96. The molecule has 0 amide bonds. The third-order valence-electron chi connectivity index (χ3n) is 2.91. The standard InChI is InChI=1S/C16H19ClN2/c17-15-6-8-16(9-7-15)19-13-12-18-11-10-14-4-2-1-3-5-14/h1-9,18-19H,10-13H2. The van der Waals surface area contributed by atoms with Crippen molar-refractivity contribution in [3.63, 3.8) is 0 Å². The summed E-state index contributed by atoms with van der Waals surface area (Å²) in [5.41, 5.74) is 2.48. The highest BCUT2D eigenvalue weighted by Crippen LogP contribution is 2.12. The third-order valence-corrected chi connectivity index (χ3v) is 3.16. The molecule has 0 saturated carbocycles. The highest BCUT2D eigenvalue weighted by Gasteiger charge is 1.93. The van der Waals surface area contributed by atoms with Gasteiger partial charge in [0.25, 0.3) is 0 Å². The maximum Gasteiger partial charge on any atom is 0.0407 e. The molecule has 19 heavy (non-hydrogen) atoms. The maximum atomic E-state index is 5.83. The molecular weight excluding hydrogens is 256 g/mol. The Morgan fingerprint density at radius 2 is 1.53 bits per heavy atom. The van der Waals surface area contributed by atoms with Gasteiger partial charge in [-0.25, -0.2) is 0 Å². The lowest BCUT2D eigenvalue weighted by Gasteiger charge is -2.08. The van der Waals surface area contributed by atoms with Gasteiger partial charge in [-0.1, -0.05) is 41.9 Å². The van der Waals surface area contributed by atoms with Gasteiger partial charge in [-0.05, 0) is 42.8 Å². The molecule has 0 radical (unpaired) electrons. The molecule has 2 N–H and O–H groups in total. The van der Waals surface area contributed by atoms with E-state index in [4.69, 9.17) is 11.6 Å². The summed E-state index contributed by atoms with van der Waals surface area (Å²) >= 11 is 5.83. The topological polar surface area (TPSA) is 24.1 Å². The molecule has 3 heteroatoms. The molecule has 0 heterocycles. The van der Waals surface area contributed by atoms with Crippen molar-refractivity contribution in [3.05, 3.63) is 65.2 Å². The summed E-state index contributed by atoms with van der Waals surface area (Å²) in [6.07, 6.45) is 1.07. The van der Waals surface area contributed by atoms with E-state index in [1.807, 2.05) is 30.3 Å². The number of rotatable bonds is 7. The molecule has 0 atom stereocenters. The van der Waals surface area contributed by atoms with Gasteiger partial charge in [0, 0.05) is 23.8 Å². The summed E-state index contributed by atoms with van der Waals surface area (Å²) in [5.74, 6) is 0. The number of hydrogen-bond donors (Lipinski definition) is 2. The monoisotopic (exact) mass is 274 g/mol. The van der Waals surface area contributed by atoms with Crippen molar-refractivity contribution in [2.75, 3.05) is 25.0 Å². The fourth-order valence-electron chi connectivity index (χ4n) is 1.87. The summed E-state index contributed by atoms with van der Waals surface area (Å²) in [6, 6.07) is 18.3. The number of hydrogen-bond acceptors (Lipinski definition) is 2. The fourth-order valence-corrected chi connectivity index (χ4v) is 1.99. The van der Waals surface area contributed by atoms with Gasteiger partial charge >= 0.3 is 0 Å². The lowest BCUT2D eigenvalue weighted by molar-refractivity contribution is 0.699. The molecule has 0 bridgehead atoms. The van der Waals surface area contributed by atoms with Crippen molar-refractivity contribution in [2.24, 2.45) is 0 Å². The smallest absolute Gasteiger partial charge is 0.0407 e. The lowest BCUT2D eigenvalue weighted by atomic mass is 10.1. The normalized spacial score (nSPS) is 10.4. The average molecular weight is 275 g/mol. The maximum absolute atomic E-state index is 5.83. The Bertz CT molecular complexity index is 468. The molecule has 0 fully saturated rings. The van der Waals surface area contributed by atoms with Crippen LogP contribution in [0.2, 0.25) is 5.02 Å². The highest BCUT2D eigenvalue weighted by atomic mass is 35.5. The molecule has 0 aliphatic rings. The van der Waals surface area contributed by atoms with E-state index in [-0.39, 0.29) is 0 Å². The second-order valence-corrected chi connectivity index (χ2v) is 4.86. The summed E-state index contributed by atoms with van der Waals surface area (Å²) in [5, 5.41) is 7.55. The van der Waals surface area contributed by atoms with E-state index >= 15 is 0 Å². The van der Waals surface area contributed by atoms with Gasteiger partial charge in [-0.3, -0.25) is 0 Å². The van der Waals surface area contributed by atoms with Gasteiger partial charge < -0.3 is 10.6 Å². The van der Waals surface area contributed by atoms with Crippen LogP contribution in [0.4, 0.5) is 5.69 Å². The third kappa shape index (κ3) is 5.33. The molecule has 2 rings (SSSR count). The molecule has 0 saturated heterocycles. The molecule has 2 aromatic carbocycles. The predicted octanol–water partition coefficient (Wildman–Crippen LogP) is 3.58. The van der Waals surface area contributed by atoms with Crippen molar-refractivity contribution in [3.8, 4) is 0 Å². The Balaban J connectivity index is 1.56. The van der Waals surface area contributed by atoms with E-state index in [1.54, 1.807) is 0 Å². The first kappa shape index (κ1) is 13.9. The van der Waals surface area contributed by atoms with E-state index in [1.165, 1.54) is 5.56 Å². The van der Waals surface area contributed by atoms with Crippen molar-refractivity contribution in [1.29, 1.82) is 0 Å². The van der Waals surface area contributed by atoms with Crippen LogP contribution >= 0.6 is 11.6 Å². The van der Waals surface area contributed by atoms with Crippen LogP contribution in [0.5, 0.6) is 0 Å². The average Bonchev–Trinajstić information content (AvgIpc) is 2.46. The van der Waals surface area contributed by atoms with Crippen LogP contribution in [-0.4, -0.2) is 19.6 Å². The molecule has 100 valence electrons. The summed E-state index contributed by atoms with van der Waals surface area (Å²) in [4.78, 5) is 0. The van der Waals surface area contributed by atoms with Crippen LogP contribution in [0.3, 0.4) is 0 Å². The predicted molar refractivity (Wildman–Crippen MR) is 83.0 cm³/mol. The molecule has 0 unspecified atom stereocenters. The molecule has 0 aromatic heterocycles. The second-order valence-electron chi connectivity index (χ2n) is 4.42. The van der Waals surface area contributed by atoms with Gasteiger partial charge in [-0.2, -0.15) is 0 Å². The molecule has 0 aliphatic carbocycles. The summed E-state index contributed by atoms with van der Waals surface area (Å²) in [6.45, 7) is 2.87. The van der Waals surface area contributed by atoms with Gasteiger partial charge in [0.15, 0.2) is 0 Å². The van der Waals surface area contributed by atoms with E-state index < -0.39 is 0 Å². The number of nitrogens with one attached hydrogen (secondary N) is 2. The summed E-state index contributed by atoms with van der Waals surface area (Å²) in [7, 11) is 0. The van der Waals surface area contributed by atoms with Crippen LogP contribution in [0.1, 0.15) is 5.56 Å². The van der Waals surface area contributed by atoms with Gasteiger partial charge in [-0.15, -0.1) is 0 Å². The Hall–Kier alpha value is -1.51. The van der Waals surface area contributed by atoms with Crippen molar-refractivity contribution in [2.45, 2.75) is 6.42 Å². The number of benzene rings is 2. The van der Waals surface area contributed by atoms with E-state index in [2.05, 4.69) is 34.9 Å². The van der Waals surface area contributed by atoms with Crippen LogP contribution in [0.15, 0.2) is 54.6 Å².